The van der Waals surface area contributed by atoms with E-state index in [9.17, 15) is 0 Å². The Hall–Kier alpha value is -6.13. The predicted molar refractivity (Wildman–Crippen MR) is 186 cm³/mol. The summed E-state index contributed by atoms with van der Waals surface area (Å²) in [5, 5.41) is 7.01. The van der Waals surface area contributed by atoms with E-state index in [-0.39, 0.29) is 0 Å². The largest absolute Gasteiger partial charge is 0.455 e. The van der Waals surface area contributed by atoms with Gasteiger partial charge in [-0.3, -0.25) is 4.98 Å². The molecular weight excluding hydrogens is 550 g/mol. The van der Waals surface area contributed by atoms with E-state index in [2.05, 4.69) is 137 Å². The Morgan fingerprint density at radius 1 is 0.444 bits per heavy atom. The van der Waals surface area contributed by atoms with Gasteiger partial charge in [0, 0.05) is 38.2 Å². The van der Waals surface area contributed by atoms with Crippen LogP contribution in [-0.2, 0) is 0 Å². The van der Waals surface area contributed by atoms with Crippen LogP contribution in [0.3, 0.4) is 0 Å². The Labute approximate surface area is 258 Å². The van der Waals surface area contributed by atoms with Crippen molar-refractivity contribution in [1.29, 1.82) is 0 Å². The molecule has 0 bridgehead atoms. The number of fused-ring (bicyclic) bond motifs is 10. The zero-order valence-corrected chi connectivity index (χ0v) is 24.2. The van der Waals surface area contributed by atoms with Gasteiger partial charge >= 0.3 is 0 Å². The highest BCUT2D eigenvalue weighted by atomic mass is 16.3. The molecule has 4 aromatic heterocycles. The molecule has 45 heavy (non-hydrogen) atoms. The molecule has 0 aliphatic heterocycles. The van der Waals surface area contributed by atoms with Gasteiger partial charge in [0.1, 0.15) is 11.2 Å². The Bertz CT molecular complexity index is 2690. The highest BCUT2D eigenvalue weighted by Gasteiger charge is 2.20. The third kappa shape index (κ3) is 3.45. The normalized spacial score (nSPS) is 12.0. The zero-order valence-electron chi connectivity index (χ0n) is 24.2. The number of para-hydroxylation sites is 3. The van der Waals surface area contributed by atoms with Crippen LogP contribution in [0.15, 0.2) is 156 Å². The van der Waals surface area contributed by atoms with E-state index in [1.165, 1.54) is 21.8 Å². The molecule has 210 valence electrons. The topological polar surface area (TPSA) is 35.9 Å². The van der Waals surface area contributed by atoms with E-state index in [1.54, 1.807) is 0 Å². The average molecular weight is 576 g/mol. The van der Waals surface area contributed by atoms with Gasteiger partial charge in [-0.15, -0.1) is 0 Å². The molecule has 4 heterocycles. The first-order valence-electron chi connectivity index (χ1n) is 15.2. The lowest BCUT2D eigenvalue weighted by molar-refractivity contribution is 0.673. The number of nitrogens with zero attached hydrogens (tertiary/aromatic N) is 3. The number of rotatable bonds is 3. The summed E-state index contributed by atoms with van der Waals surface area (Å²) in [6.07, 6.45) is 1.97. The molecule has 0 amide bonds. The van der Waals surface area contributed by atoms with Gasteiger partial charge in [0.15, 0.2) is 0 Å². The van der Waals surface area contributed by atoms with E-state index in [1.807, 2.05) is 24.4 Å². The second-order valence-corrected chi connectivity index (χ2v) is 11.6. The first kappa shape index (κ1) is 24.3. The van der Waals surface area contributed by atoms with Gasteiger partial charge < -0.3 is 13.6 Å². The van der Waals surface area contributed by atoms with Crippen molar-refractivity contribution in [2.45, 2.75) is 0 Å². The average Bonchev–Trinajstić information content (AvgIpc) is 3.76. The van der Waals surface area contributed by atoms with Gasteiger partial charge in [0.05, 0.1) is 45.0 Å². The van der Waals surface area contributed by atoms with Crippen LogP contribution >= 0.6 is 0 Å². The smallest absolute Gasteiger partial charge is 0.145 e. The second-order valence-electron chi connectivity index (χ2n) is 11.6. The molecule has 0 saturated heterocycles. The Kier molecular flexibility index (Phi) is 4.96. The third-order valence-electron chi connectivity index (χ3n) is 9.17. The van der Waals surface area contributed by atoms with Gasteiger partial charge in [-0.1, -0.05) is 84.9 Å². The number of benzene rings is 6. The maximum Gasteiger partial charge on any atom is 0.145 e. The summed E-state index contributed by atoms with van der Waals surface area (Å²) in [7, 11) is 0. The maximum atomic E-state index is 6.71. The Morgan fingerprint density at radius 2 is 1.07 bits per heavy atom. The van der Waals surface area contributed by atoms with Gasteiger partial charge in [-0.05, 0) is 60.7 Å². The molecule has 6 aromatic carbocycles. The maximum absolute atomic E-state index is 6.71. The van der Waals surface area contributed by atoms with Crippen LogP contribution in [0.2, 0.25) is 0 Å². The van der Waals surface area contributed by atoms with Crippen LogP contribution < -0.4 is 0 Å². The van der Waals surface area contributed by atoms with Crippen LogP contribution in [0.5, 0.6) is 0 Å². The SMILES string of the molecule is c1ccc(-c2ccc(-n3c4ccccc4c4c5oc6ccc(-n7c8ccccc8c8ccccc87)cc6c5ccc43)cn2)cc1. The van der Waals surface area contributed by atoms with Crippen molar-refractivity contribution >= 4 is 65.6 Å². The standard InChI is InChI=1S/C41H25N3O/c1-2-10-26(11-3-1)34-21-18-28(25-42-34)44-37-17-9-6-14-32(37)40-38(44)22-20-31-33-24-27(19-23-39(33)45-41(31)40)43-35-15-7-4-12-29(35)30-13-5-8-16-36(30)43/h1-25H. The van der Waals surface area contributed by atoms with Crippen molar-refractivity contribution in [1.82, 2.24) is 14.1 Å². The summed E-state index contributed by atoms with van der Waals surface area (Å²) in [6, 6.07) is 51.4. The van der Waals surface area contributed by atoms with Crippen molar-refractivity contribution in [3.63, 3.8) is 0 Å². The lowest BCUT2D eigenvalue weighted by Crippen LogP contribution is -1.95. The van der Waals surface area contributed by atoms with Crippen LogP contribution in [0.4, 0.5) is 0 Å². The molecule has 4 heteroatoms. The van der Waals surface area contributed by atoms with E-state index in [0.29, 0.717) is 0 Å². The van der Waals surface area contributed by atoms with E-state index < -0.39 is 0 Å². The Balaban J connectivity index is 1.20. The number of pyridine rings is 1. The molecule has 0 saturated carbocycles. The third-order valence-corrected chi connectivity index (χ3v) is 9.17. The minimum absolute atomic E-state index is 0.882. The molecular formula is C41H25N3O. The van der Waals surface area contributed by atoms with Crippen molar-refractivity contribution < 1.29 is 4.42 Å². The number of hydrogen-bond donors (Lipinski definition) is 0. The van der Waals surface area contributed by atoms with Crippen molar-refractivity contribution in [3.05, 3.63) is 152 Å². The van der Waals surface area contributed by atoms with Crippen LogP contribution in [0.25, 0.3) is 88.2 Å². The van der Waals surface area contributed by atoms with E-state index in [4.69, 9.17) is 9.40 Å². The summed E-state index contributed by atoms with van der Waals surface area (Å²) < 4.78 is 11.4. The fraction of sp³-hybridized carbons (Fsp3) is 0. The summed E-state index contributed by atoms with van der Waals surface area (Å²) in [4.78, 5) is 4.85. The second kappa shape index (κ2) is 9.18. The minimum Gasteiger partial charge on any atom is -0.455 e. The molecule has 10 aromatic rings. The minimum atomic E-state index is 0.882. The van der Waals surface area contributed by atoms with Crippen molar-refractivity contribution in [2.75, 3.05) is 0 Å². The Morgan fingerprint density at radius 3 is 1.78 bits per heavy atom. The fourth-order valence-corrected chi connectivity index (χ4v) is 7.19. The predicted octanol–water partition coefficient (Wildman–Crippen LogP) is 10.8. The summed E-state index contributed by atoms with van der Waals surface area (Å²) in [5.41, 5.74) is 10.6. The molecule has 0 aliphatic carbocycles. The lowest BCUT2D eigenvalue weighted by atomic mass is 10.1. The van der Waals surface area contributed by atoms with E-state index >= 15 is 0 Å². The van der Waals surface area contributed by atoms with E-state index in [0.717, 1.165) is 66.4 Å². The molecule has 10 rings (SSSR count). The van der Waals surface area contributed by atoms with Crippen molar-refractivity contribution in [3.8, 4) is 22.6 Å². The summed E-state index contributed by atoms with van der Waals surface area (Å²) >= 11 is 0. The number of aromatic nitrogens is 3. The molecule has 0 aliphatic rings. The fourth-order valence-electron chi connectivity index (χ4n) is 7.19. The molecule has 0 unspecified atom stereocenters. The number of furan rings is 1. The molecule has 0 spiro atoms. The van der Waals surface area contributed by atoms with Gasteiger partial charge in [0.25, 0.3) is 0 Å². The van der Waals surface area contributed by atoms with Crippen LogP contribution in [0.1, 0.15) is 0 Å². The zero-order chi connectivity index (χ0) is 29.5. The highest BCUT2D eigenvalue weighted by Crippen LogP contribution is 2.41. The van der Waals surface area contributed by atoms with Gasteiger partial charge in [-0.25, -0.2) is 0 Å². The van der Waals surface area contributed by atoms with Gasteiger partial charge in [0.2, 0.25) is 0 Å². The first-order valence-corrected chi connectivity index (χ1v) is 15.2. The molecule has 4 nitrogen and oxygen atoms in total. The summed E-state index contributed by atoms with van der Waals surface area (Å²) in [5.74, 6) is 0. The monoisotopic (exact) mass is 575 g/mol. The molecule has 0 radical (unpaired) electrons. The van der Waals surface area contributed by atoms with Gasteiger partial charge in [-0.2, -0.15) is 0 Å². The number of hydrogen-bond acceptors (Lipinski definition) is 2. The highest BCUT2D eigenvalue weighted by molar-refractivity contribution is 6.24. The molecule has 0 atom stereocenters. The van der Waals surface area contributed by atoms with Crippen LogP contribution in [0, 0.1) is 0 Å². The lowest BCUT2D eigenvalue weighted by Gasteiger charge is -2.09. The molecule has 0 N–H and O–H groups in total. The molecule has 0 fully saturated rings. The quantitative estimate of drug-likeness (QED) is 0.210. The van der Waals surface area contributed by atoms with Crippen LogP contribution in [-0.4, -0.2) is 14.1 Å². The first-order chi connectivity index (χ1) is 22.3. The summed E-state index contributed by atoms with van der Waals surface area (Å²) in [6.45, 7) is 0. The van der Waals surface area contributed by atoms with Crippen molar-refractivity contribution in [2.24, 2.45) is 0 Å².